The van der Waals surface area contributed by atoms with Crippen molar-refractivity contribution in [2.45, 2.75) is 45.1 Å². The zero-order valence-electron chi connectivity index (χ0n) is 10.1. The van der Waals surface area contributed by atoms with E-state index >= 15 is 0 Å². The molecule has 16 heavy (non-hydrogen) atoms. The standard InChI is InChI=1S/C13H22N2O/c1-2-9-7-11(9)15-12(16)10-8-13(10)3-5-14-6-4-13/h9-11,14H,2-8H2,1H3,(H,15,16). The van der Waals surface area contributed by atoms with Gasteiger partial charge in [-0.2, -0.15) is 0 Å². The molecule has 0 radical (unpaired) electrons. The van der Waals surface area contributed by atoms with Crippen LogP contribution in [0.15, 0.2) is 0 Å². The van der Waals surface area contributed by atoms with Crippen LogP contribution in [0.4, 0.5) is 0 Å². The topological polar surface area (TPSA) is 41.1 Å². The summed E-state index contributed by atoms with van der Waals surface area (Å²) in [6.07, 6.45) is 5.97. The second-order valence-corrected chi connectivity index (χ2v) is 5.89. The maximum Gasteiger partial charge on any atom is 0.223 e. The second-order valence-electron chi connectivity index (χ2n) is 5.89. The molecule has 3 fully saturated rings. The third-order valence-corrected chi connectivity index (χ3v) is 4.88. The quantitative estimate of drug-likeness (QED) is 0.755. The number of hydrogen-bond donors (Lipinski definition) is 2. The van der Waals surface area contributed by atoms with Crippen LogP contribution in [0.1, 0.15) is 39.0 Å². The molecule has 1 spiro atoms. The lowest BCUT2D eigenvalue weighted by molar-refractivity contribution is -0.123. The fraction of sp³-hybridized carbons (Fsp3) is 0.923. The summed E-state index contributed by atoms with van der Waals surface area (Å²) in [7, 11) is 0. The number of rotatable bonds is 3. The van der Waals surface area contributed by atoms with E-state index in [1.54, 1.807) is 0 Å². The zero-order valence-corrected chi connectivity index (χ0v) is 10.1. The van der Waals surface area contributed by atoms with Crippen molar-refractivity contribution in [3.05, 3.63) is 0 Å². The average Bonchev–Trinajstić information content (AvgIpc) is 3.18. The highest BCUT2D eigenvalue weighted by atomic mass is 16.2. The van der Waals surface area contributed by atoms with Gasteiger partial charge >= 0.3 is 0 Å². The maximum absolute atomic E-state index is 12.1. The van der Waals surface area contributed by atoms with Gasteiger partial charge in [-0.25, -0.2) is 0 Å². The van der Waals surface area contributed by atoms with Gasteiger partial charge in [0.15, 0.2) is 0 Å². The first kappa shape index (κ1) is 10.6. The van der Waals surface area contributed by atoms with Gasteiger partial charge in [0.2, 0.25) is 5.91 Å². The van der Waals surface area contributed by atoms with E-state index in [1.165, 1.54) is 25.7 Å². The molecule has 1 saturated heterocycles. The summed E-state index contributed by atoms with van der Waals surface area (Å²) >= 11 is 0. The van der Waals surface area contributed by atoms with Gasteiger partial charge in [0.1, 0.15) is 0 Å². The van der Waals surface area contributed by atoms with E-state index in [9.17, 15) is 4.79 Å². The summed E-state index contributed by atoms with van der Waals surface area (Å²) in [4.78, 5) is 12.1. The Morgan fingerprint density at radius 2 is 2.19 bits per heavy atom. The Balaban J connectivity index is 1.50. The first-order valence-corrected chi connectivity index (χ1v) is 6.76. The minimum Gasteiger partial charge on any atom is -0.353 e. The number of amides is 1. The van der Waals surface area contributed by atoms with Gasteiger partial charge in [0.05, 0.1) is 0 Å². The molecule has 90 valence electrons. The van der Waals surface area contributed by atoms with Gasteiger partial charge in [-0.15, -0.1) is 0 Å². The number of nitrogens with one attached hydrogen (secondary N) is 2. The highest BCUT2D eigenvalue weighted by Crippen LogP contribution is 2.58. The molecule has 3 aliphatic rings. The highest BCUT2D eigenvalue weighted by molar-refractivity contribution is 5.83. The summed E-state index contributed by atoms with van der Waals surface area (Å²) in [5, 5.41) is 6.61. The maximum atomic E-state index is 12.1. The molecule has 0 aromatic carbocycles. The van der Waals surface area contributed by atoms with E-state index in [2.05, 4.69) is 17.6 Å². The Kier molecular flexibility index (Phi) is 2.46. The van der Waals surface area contributed by atoms with Crippen molar-refractivity contribution < 1.29 is 4.79 Å². The highest BCUT2D eigenvalue weighted by Gasteiger charge is 2.58. The van der Waals surface area contributed by atoms with E-state index in [4.69, 9.17) is 0 Å². The van der Waals surface area contributed by atoms with E-state index in [0.717, 1.165) is 25.4 Å². The van der Waals surface area contributed by atoms with Crippen LogP contribution in [0.25, 0.3) is 0 Å². The lowest BCUT2D eigenvalue weighted by Gasteiger charge is -2.23. The Labute approximate surface area is 97.4 Å². The van der Waals surface area contributed by atoms with E-state index in [0.29, 0.717) is 23.3 Å². The van der Waals surface area contributed by atoms with Crippen LogP contribution < -0.4 is 10.6 Å². The molecule has 2 saturated carbocycles. The Morgan fingerprint density at radius 1 is 1.44 bits per heavy atom. The molecule has 3 rings (SSSR count). The summed E-state index contributed by atoms with van der Waals surface area (Å²) in [5.41, 5.74) is 0.395. The van der Waals surface area contributed by atoms with Crippen LogP contribution in [-0.4, -0.2) is 25.0 Å². The lowest BCUT2D eigenvalue weighted by atomic mass is 9.92. The van der Waals surface area contributed by atoms with Crippen molar-refractivity contribution >= 4 is 5.91 Å². The minimum absolute atomic E-state index is 0.340. The van der Waals surface area contributed by atoms with Crippen molar-refractivity contribution in [3.63, 3.8) is 0 Å². The van der Waals surface area contributed by atoms with Crippen LogP contribution in [0.3, 0.4) is 0 Å². The molecule has 1 amide bonds. The van der Waals surface area contributed by atoms with Crippen LogP contribution >= 0.6 is 0 Å². The number of carbonyl (C=O) groups excluding carboxylic acids is 1. The molecular formula is C13H22N2O. The molecule has 0 bridgehead atoms. The normalized spacial score (nSPS) is 39.4. The van der Waals surface area contributed by atoms with Gasteiger partial charge in [0.25, 0.3) is 0 Å². The van der Waals surface area contributed by atoms with Crippen molar-refractivity contribution in [2.75, 3.05) is 13.1 Å². The molecule has 3 heteroatoms. The average molecular weight is 222 g/mol. The fourth-order valence-electron chi connectivity index (χ4n) is 3.35. The molecule has 3 atom stereocenters. The van der Waals surface area contributed by atoms with Gasteiger partial charge < -0.3 is 10.6 Å². The third kappa shape index (κ3) is 1.75. The molecule has 2 N–H and O–H groups in total. The third-order valence-electron chi connectivity index (χ3n) is 4.88. The van der Waals surface area contributed by atoms with Crippen molar-refractivity contribution in [3.8, 4) is 0 Å². The smallest absolute Gasteiger partial charge is 0.223 e. The molecule has 3 nitrogen and oxygen atoms in total. The summed E-state index contributed by atoms with van der Waals surface area (Å²) in [6.45, 7) is 4.41. The van der Waals surface area contributed by atoms with E-state index in [-0.39, 0.29) is 0 Å². The second kappa shape index (κ2) is 3.73. The van der Waals surface area contributed by atoms with Crippen molar-refractivity contribution in [1.29, 1.82) is 0 Å². The summed E-state index contributed by atoms with van der Waals surface area (Å²) < 4.78 is 0. The predicted molar refractivity (Wildman–Crippen MR) is 63.0 cm³/mol. The largest absolute Gasteiger partial charge is 0.353 e. The SMILES string of the molecule is CCC1CC1NC(=O)C1CC12CCNCC2. The molecule has 0 aromatic heterocycles. The Bertz CT molecular complexity index is 296. The van der Waals surface area contributed by atoms with Gasteiger partial charge in [-0.05, 0) is 50.1 Å². The van der Waals surface area contributed by atoms with Crippen LogP contribution in [-0.2, 0) is 4.79 Å². The zero-order chi connectivity index (χ0) is 11.2. The van der Waals surface area contributed by atoms with Gasteiger partial charge in [0, 0.05) is 12.0 Å². The van der Waals surface area contributed by atoms with Crippen LogP contribution in [0, 0.1) is 17.3 Å². The molecule has 2 aliphatic carbocycles. The van der Waals surface area contributed by atoms with Gasteiger partial charge in [-0.3, -0.25) is 4.79 Å². The molecule has 1 aliphatic heterocycles. The molecule has 3 unspecified atom stereocenters. The predicted octanol–water partition coefficient (Wildman–Crippen LogP) is 1.29. The van der Waals surface area contributed by atoms with Gasteiger partial charge in [-0.1, -0.05) is 13.3 Å². The first-order valence-electron chi connectivity index (χ1n) is 6.76. The van der Waals surface area contributed by atoms with Crippen LogP contribution in [0.2, 0.25) is 0 Å². The van der Waals surface area contributed by atoms with Crippen molar-refractivity contribution in [1.82, 2.24) is 10.6 Å². The Hall–Kier alpha value is -0.570. The summed E-state index contributed by atoms with van der Waals surface area (Å²) in [6, 6.07) is 0.511. The van der Waals surface area contributed by atoms with E-state index < -0.39 is 0 Å². The Morgan fingerprint density at radius 3 is 2.81 bits per heavy atom. The number of piperidine rings is 1. The first-order chi connectivity index (χ1) is 7.75. The lowest BCUT2D eigenvalue weighted by Crippen LogP contribution is -2.34. The monoisotopic (exact) mass is 222 g/mol. The van der Waals surface area contributed by atoms with Crippen molar-refractivity contribution in [2.24, 2.45) is 17.3 Å². The molecule has 1 heterocycles. The molecule has 0 aromatic rings. The fourth-order valence-corrected chi connectivity index (χ4v) is 3.35. The van der Waals surface area contributed by atoms with Crippen LogP contribution in [0.5, 0.6) is 0 Å². The minimum atomic E-state index is 0.340. The summed E-state index contributed by atoms with van der Waals surface area (Å²) in [5.74, 6) is 1.46. The number of hydrogen-bond acceptors (Lipinski definition) is 2. The van der Waals surface area contributed by atoms with E-state index in [1.807, 2.05) is 0 Å². The number of carbonyl (C=O) groups is 1. The molecular weight excluding hydrogens is 200 g/mol.